The molecule has 6 nitrogen and oxygen atoms in total. The molecule has 3 rings (SSSR count). The molecule has 2 heterocycles. The highest BCUT2D eigenvalue weighted by molar-refractivity contribution is 7.89. The third-order valence-corrected chi connectivity index (χ3v) is 5.44. The van der Waals surface area contributed by atoms with Gasteiger partial charge in [0.2, 0.25) is 10.0 Å². The zero-order valence-corrected chi connectivity index (χ0v) is 14.5. The summed E-state index contributed by atoms with van der Waals surface area (Å²) in [5.74, 6) is 1.10. The van der Waals surface area contributed by atoms with Gasteiger partial charge in [-0.3, -0.25) is 0 Å². The number of sulfonamides is 1. The molecule has 0 bridgehead atoms. The van der Waals surface area contributed by atoms with Crippen LogP contribution in [0.2, 0.25) is 0 Å². The largest absolute Gasteiger partial charge is 0.490 e. The van der Waals surface area contributed by atoms with Crippen LogP contribution in [0.25, 0.3) is 0 Å². The minimum absolute atomic E-state index is 0. The molecule has 0 aromatic heterocycles. The summed E-state index contributed by atoms with van der Waals surface area (Å²) < 4.78 is 38.4. The Kier molecular flexibility index (Phi) is 6.52. The summed E-state index contributed by atoms with van der Waals surface area (Å²) in [6.07, 6.45) is 3.89. The van der Waals surface area contributed by atoms with Gasteiger partial charge in [0, 0.05) is 25.1 Å². The molecule has 8 heteroatoms. The minimum atomic E-state index is -3.51. The first kappa shape index (κ1) is 18.3. The Morgan fingerprint density at radius 1 is 1.17 bits per heavy atom. The summed E-state index contributed by atoms with van der Waals surface area (Å²) >= 11 is 0. The highest BCUT2D eigenvalue weighted by Gasteiger charge is 2.20. The maximum absolute atomic E-state index is 12.3. The predicted molar refractivity (Wildman–Crippen MR) is 90.1 cm³/mol. The summed E-state index contributed by atoms with van der Waals surface area (Å²) in [5, 5.41) is 3.36. The fraction of sp³-hybridized carbons (Fsp3) is 0.600. The molecular formula is C15H23ClN2O4S. The number of hydrogen-bond donors (Lipinski definition) is 2. The lowest BCUT2D eigenvalue weighted by molar-refractivity contribution is 0.297. The second kappa shape index (κ2) is 8.19. The molecule has 2 aliphatic rings. The van der Waals surface area contributed by atoms with E-state index in [9.17, 15) is 8.42 Å². The van der Waals surface area contributed by atoms with E-state index < -0.39 is 10.0 Å². The van der Waals surface area contributed by atoms with Gasteiger partial charge in [-0.25, -0.2) is 13.1 Å². The fourth-order valence-electron chi connectivity index (χ4n) is 2.76. The highest BCUT2D eigenvalue weighted by Crippen LogP contribution is 2.31. The van der Waals surface area contributed by atoms with Gasteiger partial charge in [0.15, 0.2) is 11.5 Å². The summed E-state index contributed by atoms with van der Waals surface area (Å²) in [6.45, 7) is 2.59. The molecule has 0 radical (unpaired) electrons. The molecule has 1 saturated heterocycles. The van der Waals surface area contributed by atoms with Gasteiger partial charge >= 0.3 is 0 Å². The topological polar surface area (TPSA) is 76.7 Å². The van der Waals surface area contributed by atoms with Crippen LogP contribution in [0.3, 0.4) is 0 Å². The highest BCUT2D eigenvalue weighted by atomic mass is 35.5. The molecule has 0 saturated carbocycles. The minimum Gasteiger partial charge on any atom is -0.490 e. The molecular weight excluding hydrogens is 340 g/mol. The molecule has 0 aliphatic carbocycles. The summed E-state index contributed by atoms with van der Waals surface area (Å²) in [7, 11) is -3.51. The van der Waals surface area contributed by atoms with E-state index in [-0.39, 0.29) is 17.3 Å². The van der Waals surface area contributed by atoms with Gasteiger partial charge in [-0.2, -0.15) is 0 Å². The van der Waals surface area contributed by atoms with Gasteiger partial charge in [0.1, 0.15) is 0 Å². The molecule has 1 aromatic rings. The molecule has 2 N–H and O–H groups in total. The van der Waals surface area contributed by atoms with Gasteiger partial charge in [-0.05, 0) is 37.9 Å². The SMILES string of the molecule is Cl.O=S(=O)(NCC[C@H]1CCCN1)c1ccc2c(c1)OCCCO2. The molecule has 0 spiro atoms. The monoisotopic (exact) mass is 362 g/mol. The molecule has 0 amide bonds. The maximum atomic E-state index is 12.3. The molecule has 130 valence electrons. The Morgan fingerprint density at radius 3 is 2.70 bits per heavy atom. The van der Waals surface area contributed by atoms with Crippen LogP contribution in [-0.2, 0) is 10.0 Å². The maximum Gasteiger partial charge on any atom is 0.240 e. The van der Waals surface area contributed by atoms with Gasteiger partial charge in [-0.1, -0.05) is 0 Å². The quantitative estimate of drug-likeness (QED) is 0.833. The average molecular weight is 363 g/mol. The van der Waals surface area contributed by atoms with Crippen molar-refractivity contribution < 1.29 is 17.9 Å². The van der Waals surface area contributed by atoms with Crippen LogP contribution in [0.15, 0.2) is 23.1 Å². The zero-order chi connectivity index (χ0) is 15.4. The van der Waals surface area contributed by atoms with Gasteiger partial charge < -0.3 is 14.8 Å². The number of rotatable bonds is 5. The molecule has 23 heavy (non-hydrogen) atoms. The van der Waals surface area contributed by atoms with Crippen LogP contribution in [0.5, 0.6) is 11.5 Å². The number of fused-ring (bicyclic) bond motifs is 1. The van der Waals surface area contributed by atoms with Gasteiger partial charge in [0.05, 0.1) is 18.1 Å². The molecule has 0 unspecified atom stereocenters. The van der Waals surface area contributed by atoms with Crippen molar-refractivity contribution >= 4 is 22.4 Å². The second-order valence-electron chi connectivity index (χ2n) is 5.64. The standard InChI is InChI=1S/C15H22N2O4S.ClH/c18-22(19,17-8-6-12-3-1-7-16-12)13-4-5-14-15(11-13)21-10-2-9-20-14;/h4-5,11-12,16-17H,1-3,6-10H2;1H/t12-;/m1./s1. The normalized spacial score (nSPS) is 20.6. The van der Waals surface area contributed by atoms with Crippen molar-refractivity contribution in [3.8, 4) is 11.5 Å². The van der Waals surface area contributed by atoms with Crippen molar-refractivity contribution in [1.82, 2.24) is 10.0 Å². The molecule has 1 aromatic carbocycles. The third-order valence-electron chi connectivity index (χ3n) is 3.98. The smallest absolute Gasteiger partial charge is 0.240 e. The van der Waals surface area contributed by atoms with E-state index in [1.165, 1.54) is 12.5 Å². The number of benzene rings is 1. The van der Waals surface area contributed by atoms with E-state index >= 15 is 0 Å². The first-order chi connectivity index (χ1) is 10.6. The van der Waals surface area contributed by atoms with E-state index in [0.29, 0.717) is 37.3 Å². The van der Waals surface area contributed by atoms with E-state index in [2.05, 4.69) is 10.0 Å². The first-order valence-corrected chi connectivity index (χ1v) is 9.26. The molecule has 1 atom stereocenters. The second-order valence-corrected chi connectivity index (χ2v) is 7.41. The van der Waals surface area contributed by atoms with Crippen LogP contribution >= 0.6 is 12.4 Å². The molecule has 1 fully saturated rings. The number of nitrogens with one attached hydrogen (secondary N) is 2. The average Bonchev–Trinajstić information content (AvgIpc) is 2.90. The van der Waals surface area contributed by atoms with Crippen molar-refractivity contribution in [3.63, 3.8) is 0 Å². The number of hydrogen-bond acceptors (Lipinski definition) is 5. The van der Waals surface area contributed by atoms with Crippen molar-refractivity contribution in [3.05, 3.63) is 18.2 Å². The van der Waals surface area contributed by atoms with Crippen molar-refractivity contribution in [1.29, 1.82) is 0 Å². The Balaban J connectivity index is 0.00000192. The van der Waals surface area contributed by atoms with Crippen LogP contribution in [0.4, 0.5) is 0 Å². The Hall–Kier alpha value is -1.02. The van der Waals surface area contributed by atoms with Crippen molar-refractivity contribution in [2.45, 2.75) is 36.6 Å². The Labute approximate surface area is 143 Å². The van der Waals surface area contributed by atoms with Crippen molar-refractivity contribution in [2.75, 3.05) is 26.3 Å². The van der Waals surface area contributed by atoms with Crippen molar-refractivity contribution in [2.24, 2.45) is 0 Å². The summed E-state index contributed by atoms with van der Waals surface area (Å²) in [6, 6.07) is 5.18. The zero-order valence-electron chi connectivity index (χ0n) is 12.9. The van der Waals surface area contributed by atoms with Crippen LogP contribution < -0.4 is 19.5 Å². The summed E-state index contributed by atoms with van der Waals surface area (Å²) in [5.41, 5.74) is 0. The van der Waals surface area contributed by atoms with E-state index in [1.54, 1.807) is 12.1 Å². The predicted octanol–water partition coefficient (Wildman–Crippen LogP) is 1.69. The lowest BCUT2D eigenvalue weighted by Crippen LogP contribution is -2.30. The van der Waals surface area contributed by atoms with E-state index in [0.717, 1.165) is 25.8 Å². The third kappa shape index (κ3) is 4.73. The lowest BCUT2D eigenvalue weighted by Gasteiger charge is -2.13. The van der Waals surface area contributed by atoms with Crippen LogP contribution in [0, 0.1) is 0 Å². The Bertz CT molecular complexity index is 618. The molecule has 2 aliphatic heterocycles. The lowest BCUT2D eigenvalue weighted by atomic mass is 10.2. The Morgan fingerprint density at radius 2 is 1.96 bits per heavy atom. The number of ether oxygens (including phenoxy) is 2. The first-order valence-electron chi connectivity index (χ1n) is 7.78. The van der Waals surface area contributed by atoms with Crippen LogP contribution in [0.1, 0.15) is 25.7 Å². The van der Waals surface area contributed by atoms with Crippen LogP contribution in [-0.4, -0.2) is 40.8 Å². The van der Waals surface area contributed by atoms with E-state index in [4.69, 9.17) is 9.47 Å². The fourth-order valence-corrected chi connectivity index (χ4v) is 3.83. The van der Waals surface area contributed by atoms with E-state index in [1.807, 2.05) is 0 Å². The van der Waals surface area contributed by atoms with Gasteiger partial charge in [0.25, 0.3) is 0 Å². The van der Waals surface area contributed by atoms with Gasteiger partial charge in [-0.15, -0.1) is 12.4 Å². The summed E-state index contributed by atoms with van der Waals surface area (Å²) in [4.78, 5) is 0.219. The number of halogens is 1.